The normalized spacial score (nSPS) is 13.7. The lowest BCUT2D eigenvalue weighted by Gasteiger charge is -2.17. The second kappa shape index (κ2) is 5.48. The number of rotatable bonds is 5. The van der Waals surface area contributed by atoms with Gasteiger partial charge in [0.15, 0.2) is 9.84 Å². The minimum atomic E-state index is -3.01. The maximum Gasteiger partial charge on any atom is 0.154 e. The first-order chi connectivity index (χ1) is 7.46. The van der Waals surface area contributed by atoms with Crippen LogP contribution in [0.25, 0.3) is 0 Å². The van der Waals surface area contributed by atoms with Crippen LogP contribution in [-0.4, -0.2) is 14.7 Å². The summed E-state index contributed by atoms with van der Waals surface area (Å²) in [5, 5.41) is -0.339. The second-order valence-corrected chi connectivity index (χ2v) is 6.55. The fourth-order valence-corrected chi connectivity index (χ4v) is 3.26. The molecular weight excluding hydrogens is 220 g/mol. The summed E-state index contributed by atoms with van der Waals surface area (Å²) in [6.45, 7) is 4.05. The third-order valence-electron chi connectivity index (χ3n) is 2.87. The molecule has 16 heavy (non-hydrogen) atoms. The van der Waals surface area contributed by atoms with Crippen molar-refractivity contribution in [1.29, 1.82) is 0 Å². The van der Waals surface area contributed by atoms with Crippen LogP contribution in [0.4, 0.5) is 0 Å². The zero-order chi connectivity index (χ0) is 12.2. The minimum absolute atomic E-state index is 0.339. The summed E-state index contributed by atoms with van der Waals surface area (Å²) >= 11 is 0. The Bertz CT molecular complexity index is 435. The van der Waals surface area contributed by atoms with Crippen LogP contribution in [0.5, 0.6) is 0 Å². The first-order valence-electron chi connectivity index (χ1n) is 5.71. The molecule has 0 amide bonds. The molecule has 0 unspecified atom stereocenters. The zero-order valence-corrected chi connectivity index (χ0v) is 11.0. The molecule has 0 bridgehead atoms. The summed E-state index contributed by atoms with van der Waals surface area (Å²) in [4.78, 5) is 0. The first kappa shape index (κ1) is 13.2. The number of aryl methyl sites for hydroxylation is 1. The van der Waals surface area contributed by atoms with Crippen molar-refractivity contribution in [2.24, 2.45) is 0 Å². The second-order valence-electron chi connectivity index (χ2n) is 4.32. The van der Waals surface area contributed by atoms with Crippen molar-refractivity contribution < 1.29 is 8.42 Å². The van der Waals surface area contributed by atoms with Gasteiger partial charge in [-0.25, -0.2) is 8.42 Å². The van der Waals surface area contributed by atoms with E-state index >= 15 is 0 Å². The monoisotopic (exact) mass is 240 g/mol. The highest BCUT2D eigenvalue weighted by Crippen LogP contribution is 2.29. The lowest BCUT2D eigenvalue weighted by atomic mass is 10.0. The van der Waals surface area contributed by atoms with Gasteiger partial charge in [0, 0.05) is 6.26 Å². The standard InChI is InChI=1S/C13H20O2S/c1-4-5-10-13(16(3,14)15)12-9-7-6-8-11(12)2/h6-9,13H,4-5,10H2,1-3H3/t13-/m0/s1. The van der Waals surface area contributed by atoms with Gasteiger partial charge in [-0.05, 0) is 24.5 Å². The Labute approximate surface area is 98.6 Å². The zero-order valence-electron chi connectivity index (χ0n) is 10.2. The van der Waals surface area contributed by atoms with Crippen LogP contribution in [0.3, 0.4) is 0 Å². The maximum atomic E-state index is 11.8. The Morgan fingerprint density at radius 2 is 1.88 bits per heavy atom. The van der Waals surface area contributed by atoms with Crippen LogP contribution in [0.1, 0.15) is 42.6 Å². The fourth-order valence-electron chi connectivity index (χ4n) is 1.94. The molecule has 0 saturated heterocycles. The lowest BCUT2D eigenvalue weighted by Crippen LogP contribution is -2.12. The average Bonchev–Trinajstić information content (AvgIpc) is 2.19. The van der Waals surface area contributed by atoms with E-state index in [1.165, 1.54) is 6.26 Å². The van der Waals surface area contributed by atoms with Crippen molar-refractivity contribution in [2.45, 2.75) is 38.4 Å². The molecule has 0 N–H and O–H groups in total. The van der Waals surface area contributed by atoms with Gasteiger partial charge >= 0.3 is 0 Å². The molecular formula is C13H20O2S. The molecule has 0 aliphatic rings. The Hall–Kier alpha value is -0.830. The third kappa shape index (κ3) is 3.34. The van der Waals surface area contributed by atoms with Crippen molar-refractivity contribution in [3.05, 3.63) is 35.4 Å². The molecule has 1 aromatic carbocycles. The predicted molar refractivity (Wildman–Crippen MR) is 68.3 cm³/mol. The molecule has 0 spiro atoms. The molecule has 1 aromatic rings. The SMILES string of the molecule is CCCC[C@@H](c1ccccc1C)S(C)(=O)=O. The van der Waals surface area contributed by atoms with Crippen molar-refractivity contribution >= 4 is 9.84 Å². The minimum Gasteiger partial charge on any atom is -0.228 e. The molecule has 0 aliphatic heterocycles. The van der Waals surface area contributed by atoms with E-state index in [1.807, 2.05) is 31.2 Å². The number of sulfone groups is 1. The molecule has 3 heteroatoms. The fraction of sp³-hybridized carbons (Fsp3) is 0.538. The van der Waals surface area contributed by atoms with E-state index in [-0.39, 0.29) is 5.25 Å². The van der Waals surface area contributed by atoms with Crippen molar-refractivity contribution in [3.8, 4) is 0 Å². The molecule has 0 aliphatic carbocycles. The largest absolute Gasteiger partial charge is 0.228 e. The van der Waals surface area contributed by atoms with Crippen LogP contribution in [0.15, 0.2) is 24.3 Å². The first-order valence-corrected chi connectivity index (χ1v) is 7.66. The van der Waals surface area contributed by atoms with E-state index in [2.05, 4.69) is 6.92 Å². The smallest absolute Gasteiger partial charge is 0.154 e. The average molecular weight is 240 g/mol. The van der Waals surface area contributed by atoms with E-state index < -0.39 is 9.84 Å². The predicted octanol–water partition coefficient (Wildman–Crippen LogP) is 3.27. The van der Waals surface area contributed by atoms with Gasteiger partial charge in [0.05, 0.1) is 5.25 Å². The van der Waals surface area contributed by atoms with E-state index in [0.717, 1.165) is 30.4 Å². The Morgan fingerprint density at radius 1 is 1.25 bits per heavy atom. The van der Waals surface area contributed by atoms with E-state index in [9.17, 15) is 8.42 Å². The molecule has 0 heterocycles. The molecule has 90 valence electrons. The molecule has 2 nitrogen and oxygen atoms in total. The van der Waals surface area contributed by atoms with Crippen LogP contribution < -0.4 is 0 Å². The van der Waals surface area contributed by atoms with Crippen molar-refractivity contribution in [1.82, 2.24) is 0 Å². The number of benzene rings is 1. The highest BCUT2D eigenvalue weighted by Gasteiger charge is 2.23. The highest BCUT2D eigenvalue weighted by atomic mass is 32.2. The highest BCUT2D eigenvalue weighted by molar-refractivity contribution is 7.90. The Balaban J connectivity index is 3.07. The number of hydrogen-bond donors (Lipinski definition) is 0. The van der Waals surface area contributed by atoms with Gasteiger partial charge in [-0.2, -0.15) is 0 Å². The van der Waals surface area contributed by atoms with Gasteiger partial charge in [-0.15, -0.1) is 0 Å². The summed E-state index contributed by atoms with van der Waals surface area (Å²) < 4.78 is 23.6. The van der Waals surface area contributed by atoms with Crippen LogP contribution >= 0.6 is 0 Å². The molecule has 0 aromatic heterocycles. The van der Waals surface area contributed by atoms with Crippen LogP contribution in [0, 0.1) is 6.92 Å². The third-order valence-corrected chi connectivity index (χ3v) is 4.40. The Kier molecular flexibility index (Phi) is 4.54. The Morgan fingerprint density at radius 3 is 2.38 bits per heavy atom. The van der Waals surface area contributed by atoms with E-state index in [0.29, 0.717) is 0 Å². The number of hydrogen-bond acceptors (Lipinski definition) is 2. The molecule has 1 atom stereocenters. The van der Waals surface area contributed by atoms with Crippen molar-refractivity contribution in [3.63, 3.8) is 0 Å². The summed E-state index contributed by atoms with van der Waals surface area (Å²) in [6.07, 6.45) is 4.03. The summed E-state index contributed by atoms with van der Waals surface area (Å²) in [5.74, 6) is 0. The van der Waals surface area contributed by atoms with Gasteiger partial charge in [0.25, 0.3) is 0 Å². The molecule has 0 saturated carbocycles. The van der Waals surface area contributed by atoms with Gasteiger partial charge in [-0.3, -0.25) is 0 Å². The van der Waals surface area contributed by atoms with Gasteiger partial charge < -0.3 is 0 Å². The van der Waals surface area contributed by atoms with Gasteiger partial charge in [-0.1, -0.05) is 44.0 Å². The van der Waals surface area contributed by atoms with Gasteiger partial charge in [0.2, 0.25) is 0 Å². The molecule has 1 rings (SSSR count). The van der Waals surface area contributed by atoms with Crippen molar-refractivity contribution in [2.75, 3.05) is 6.26 Å². The lowest BCUT2D eigenvalue weighted by molar-refractivity contribution is 0.574. The summed E-state index contributed by atoms with van der Waals surface area (Å²) in [6, 6.07) is 7.75. The molecule has 0 radical (unpaired) electrons. The maximum absolute atomic E-state index is 11.8. The van der Waals surface area contributed by atoms with E-state index in [4.69, 9.17) is 0 Å². The topological polar surface area (TPSA) is 34.1 Å². The van der Waals surface area contributed by atoms with E-state index in [1.54, 1.807) is 0 Å². The van der Waals surface area contributed by atoms with Crippen LogP contribution in [0.2, 0.25) is 0 Å². The van der Waals surface area contributed by atoms with Crippen LogP contribution in [-0.2, 0) is 9.84 Å². The van der Waals surface area contributed by atoms with Gasteiger partial charge in [0.1, 0.15) is 0 Å². The summed E-state index contributed by atoms with van der Waals surface area (Å²) in [7, 11) is -3.01. The molecule has 0 fully saturated rings. The quantitative estimate of drug-likeness (QED) is 0.791. The number of unbranched alkanes of at least 4 members (excludes halogenated alkanes) is 1. The summed E-state index contributed by atoms with van der Waals surface area (Å²) in [5.41, 5.74) is 2.02.